The van der Waals surface area contributed by atoms with Crippen LogP contribution in [0.5, 0.6) is 0 Å². The summed E-state index contributed by atoms with van der Waals surface area (Å²) in [4.78, 5) is 19.0. The van der Waals surface area contributed by atoms with Gasteiger partial charge in [0.15, 0.2) is 0 Å². The molecular weight excluding hydrogens is 270 g/mol. The lowest BCUT2D eigenvalue weighted by atomic mass is 10.2. The van der Waals surface area contributed by atoms with Gasteiger partial charge in [-0.3, -0.25) is 0 Å². The third-order valence-electron chi connectivity index (χ3n) is 2.48. The number of hydrogen-bond acceptors (Lipinski definition) is 5. The molecule has 2 N–H and O–H groups in total. The number of carbonyl (C=O) groups is 1. The summed E-state index contributed by atoms with van der Waals surface area (Å²) in [5.41, 5.74) is 0.000757. The van der Waals surface area contributed by atoms with Gasteiger partial charge in [-0.25, -0.2) is 14.8 Å². The molecule has 2 heterocycles. The third-order valence-corrected chi connectivity index (χ3v) is 2.86. The molecule has 0 saturated carbocycles. The summed E-state index contributed by atoms with van der Waals surface area (Å²) >= 11 is 5.95. The summed E-state index contributed by atoms with van der Waals surface area (Å²) in [5.74, 6) is 0.475. The van der Waals surface area contributed by atoms with Crippen LogP contribution in [0.3, 0.4) is 0 Å². The molecule has 0 aromatic carbocycles. The first kappa shape index (κ1) is 13.4. The number of carboxylic acids is 1. The molecule has 2 aromatic rings. The first-order valence-electron chi connectivity index (χ1n) is 5.67. The van der Waals surface area contributed by atoms with E-state index in [4.69, 9.17) is 21.1 Å². The fourth-order valence-electron chi connectivity index (χ4n) is 1.48. The third kappa shape index (κ3) is 3.03. The van der Waals surface area contributed by atoms with Gasteiger partial charge in [-0.05, 0) is 6.07 Å². The first-order valence-corrected chi connectivity index (χ1v) is 6.04. The number of halogens is 1. The lowest BCUT2D eigenvalue weighted by Gasteiger charge is -2.06. The maximum absolute atomic E-state index is 10.9. The van der Waals surface area contributed by atoms with E-state index in [1.165, 1.54) is 12.3 Å². The average molecular weight is 282 g/mol. The van der Waals surface area contributed by atoms with Crippen molar-refractivity contribution in [3.05, 3.63) is 40.7 Å². The van der Waals surface area contributed by atoms with Crippen LogP contribution in [0.25, 0.3) is 0 Å². The van der Waals surface area contributed by atoms with Crippen LogP contribution >= 0.6 is 11.6 Å². The molecular formula is C12H12ClN3O3. The van der Waals surface area contributed by atoms with Crippen LogP contribution < -0.4 is 5.32 Å². The highest BCUT2D eigenvalue weighted by Gasteiger charge is 2.13. The molecule has 0 bridgehead atoms. The second kappa shape index (κ2) is 5.71. The lowest BCUT2D eigenvalue weighted by molar-refractivity contribution is 0.0697. The van der Waals surface area contributed by atoms with Crippen molar-refractivity contribution in [2.24, 2.45) is 0 Å². The van der Waals surface area contributed by atoms with Crippen LogP contribution in [0.2, 0.25) is 5.02 Å². The summed E-state index contributed by atoms with van der Waals surface area (Å²) in [6.07, 6.45) is 3.80. The number of rotatable bonds is 5. The second-order valence-electron chi connectivity index (χ2n) is 3.75. The van der Waals surface area contributed by atoms with Gasteiger partial charge >= 0.3 is 5.97 Å². The van der Waals surface area contributed by atoms with Gasteiger partial charge in [0.05, 0.1) is 23.3 Å². The number of hydrogen-bond donors (Lipinski definition) is 2. The summed E-state index contributed by atoms with van der Waals surface area (Å²) in [5, 5.41) is 11.9. The van der Waals surface area contributed by atoms with Crippen LogP contribution in [0, 0.1) is 0 Å². The zero-order chi connectivity index (χ0) is 13.8. The zero-order valence-corrected chi connectivity index (χ0v) is 10.9. The fourth-order valence-corrected chi connectivity index (χ4v) is 1.74. The summed E-state index contributed by atoms with van der Waals surface area (Å²) in [6.45, 7) is 2.25. The zero-order valence-electron chi connectivity index (χ0n) is 10.2. The molecule has 0 atom stereocenters. The van der Waals surface area contributed by atoms with E-state index in [1.54, 1.807) is 6.20 Å². The number of nitrogens with zero attached hydrogens (tertiary/aromatic N) is 2. The van der Waals surface area contributed by atoms with Crippen LogP contribution in [0.4, 0.5) is 5.82 Å². The normalized spacial score (nSPS) is 10.4. The number of carboxylic acid groups (broad SMARTS) is 1. The van der Waals surface area contributed by atoms with Gasteiger partial charge in [-0.1, -0.05) is 18.5 Å². The smallest absolute Gasteiger partial charge is 0.337 e. The number of oxazole rings is 1. The van der Waals surface area contributed by atoms with Gasteiger partial charge in [0.2, 0.25) is 5.89 Å². The Balaban J connectivity index is 2.11. The molecule has 19 heavy (non-hydrogen) atoms. The quantitative estimate of drug-likeness (QED) is 0.876. The lowest BCUT2D eigenvalue weighted by Crippen LogP contribution is -2.05. The molecule has 7 heteroatoms. The van der Waals surface area contributed by atoms with Gasteiger partial charge < -0.3 is 14.8 Å². The molecule has 0 aliphatic rings. The van der Waals surface area contributed by atoms with Gasteiger partial charge in [0.1, 0.15) is 11.6 Å². The van der Waals surface area contributed by atoms with Gasteiger partial charge in [0.25, 0.3) is 0 Å². The fraction of sp³-hybridized carbons (Fsp3) is 0.250. The van der Waals surface area contributed by atoms with Crippen LogP contribution in [0.15, 0.2) is 22.9 Å². The molecule has 0 aliphatic heterocycles. The van der Waals surface area contributed by atoms with Crippen molar-refractivity contribution in [3.8, 4) is 0 Å². The summed E-state index contributed by atoms with van der Waals surface area (Å²) < 4.78 is 5.41. The second-order valence-corrected chi connectivity index (χ2v) is 4.13. The molecule has 0 fully saturated rings. The average Bonchev–Trinajstić information content (AvgIpc) is 2.85. The van der Waals surface area contributed by atoms with Crippen molar-refractivity contribution in [1.82, 2.24) is 9.97 Å². The Morgan fingerprint density at radius 3 is 2.95 bits per heavy atom. The van der Waals surface area contributed by atoms with Crippen molar-refractivity contribution < 1.29 is 14.3 Å². The molecule has 2 aromatic heterocycles. The Labute approximate surface area is 114 Å². The minimum absolute atomic E-state index is 0.000757. The maximum atomic E-state index is 10.9. The van der Waals surface area contributed by atoms with Gasteiger partial charge in [0, 0.05) is 12.6 Å². The number of aromatic carboxylic acids is 1. The minimum atomic E-state index is -1.10. The van der Waals surface area contributed by atoms with Crippen molar-refractivity contribution >= 4 is 23.4 Å². The molecule has 6 nitrogen and oxygen atoms in total. The predicted octanol–water partition coefficient (Wildman–Crippen LogP) is 2.60. The van der Waals surface area contributed by atoms with Crippen molar-refractivity contribution in [2.75, 3.05) is 5.32 Å². The Bertz CT molecular complexity index is 598. The van der Waals surface area contributed by atoms with E-state index in [0.717, 1.165) is 12.2 Å². The van der Waals surface area contributed by atoms with E-state index in [2.05, 4.69) is 15.3 Å². The number of pyridine rings is 1. The molecule has 0 radical (unpaired) electrons. The van der Waals surface area contributed by atoms with E-state index >= 15 is 0 Å². The molecule has 100 valence electrons. The summed E-state index contributed by atoms with van der Waals surface area (Å²) in [6, 6.07) is 1.34. The van der Waals surface area contributed by atoms with Crippen molar-refractivity contribution in [1.29, 1.82) is 0 Å². The Morgan fingerprint density at radius 1 is 1.53 bits per heavy atom. The molecule has 0 saturated heterocycles. The minimum Gasteiger partial charge on any atom is -0.478 e. The van der Waals surface area contributed by atoms with E-state index in [0.29, 0.717) is 5.89 Å². The topological polar surface area (TPSA) is 88.2 Å². The number of nitrogens with one attached hydrogen (secondary N) is 1. The molecule has 2 rings (SSSR count). The van der Waals surface area contributed by atoms with Crippen LogP contribution in [-0.4, -0.2) is 21.0 Å². The SMILES string of the molecule is CCc1cnc(CNc2nccc(C(=O)O)c2Cl)o1. The highest BCUT2D eigenvalue weighted by atomic mass is 35.5. The Morgan fingerprint density at radius 2 is 2.32 bits per heavy atom. The van der Waals surface area contributed by atoms with E-state index in [-0.39, 0.29) is 22.9 Å². The highest BCUT2D eigenvalue weighted by molar-refractivity contribution is 6.35. The van der Waals surface area contributed by atoms with Crippen LogP contribution in [-0.2, 0) is 13.0 Å². The van der Waals surface area contributed by atoms with Crippen molar-refractivity contribution in [2.45, 2.75) is 19.9 Å². The van der Waals surface area contributed by atoms with Gasteiger partial charge in [-0.2, -0.15) is 0 Å². The first-order chi connectivity index (χ1) is 9.11. The summed E-state index contributed by atoms with van der Waals surface area (Å²) in [7, 11) is 0. The van der Waals surface area contributed by atoms with E-state index < -0.39 is 5.97 Å². The molecule has 0 aliphatic carbocycles. The molecule has 0 unspecified atom stereocenters. The maximum Gasteiger partial charge on any atom is 0.337 e. The van der Waals surface area contributed by atoms with Gasteiger partial charge in [-0.15, -0.1) is 0 Å². The Hall–Kier alpha value is -2.08. The standard InChI is InChI=1S/C12H12ClN3O3/c1-2-7-5-15-9(19-7)6-16-11-10(13)8(12(17)18)3-4-14-11/h3-5H,2,6H2,1H3,(H,14,16)(H,17,18). The van der Waals surface area contributed by atoms with E-state index in [9.17, 15) is 4.79 Å². The molecule has 0 amide bonds. The Kier molecular flexibility index (Phi) is 4.01. The van der Waals surface area contributed by atoms with E-state index in [1.807, 2.05) is 6.92 Å². The predicted molar refractivity (Wildman–Crippen MR) is 69.4 cm³/mol. The highest BCUT2D eigenvalue weighted by Crippen LogP contribution is 2.23. The number of aromatic nitrogens is 2. The molecule has 0 spiro atoms. The van der Waals surface area contributed by atoms with Crippen LogP contribution in [0.1, 0.15) is 28.9 Å². The monoisotopic (exact) mass is 281 g/mol. The van der Waals surface area contributed by atoms with Crippen molar-refractivity contribution in [3.63, 3.8) is 0 Å². The number of aryl methyl sites for hydroxylation is 1. The number of anilines is 1. The largest absolute Gasteiger partial charge is 0.478 e.